The van der Waals surface area contributed by atoms with Crippen molar-refractivity contribution in [3.05, 3.63) is 55.2 Å². The van der Waals surface area contributed by atoms with E-state index in [4.69, 9.17) is 25.8 Å². The van der Waals surface area contributed by atoms with Gasteiger partial charge in [-0.15, -0.1) is 11.3 Å². The Kier molecular flexibility index (Phi) is 9.84. The van der Waals surface area contributed by atoms with Gasteiger partial charge in [0, 0.05) is 21.9 Å². The number of halogens is 1. The van der Waals surface area contributed by atoms with Crippen molar-refractivity contribution in [2.24, 2.45) is 0 Å². The van der Waals surface area contributed by atoms with Crippen molar-refractivity contribution in [1.82, 2.24) is 0 Å². The molecule has 7 nitrogen and oxygen atoms in total. The zero-order valence-corrected chi connectivity index (χ0v) is 21.3. The third-order valence-electron chi connectivity index (χ3n) is 4.54. The molecule has 0 atom stereocenters. The highest BCUT2D eigenvalue weighted by atomic mass is 35.5. The Morgan fingerprint density at radius 2 is 1.79 bits per heavy atom. The van der Waals surface area contributed by atoms with Crippen molar-refractivity contribution in [2.45, 2.75) is 47.1 Å². The number of benzene rings is 1. The van der Waals surface area contributed by atoms with E-state index in [0.717, 1.165) is 11.3 Å². The number of ether oxygens (including phenoxy) is 3. The van der Waals surface area contributed by atoms with Crippen LogP contribution in [0, 0.1) is 18.3 Å². The van der Waals surface area contributed by atoms with Crippen LogP contribution in [-0.4, -0.2) is 37.0 Å². The number of allylic oxidation sites excluding steroid dienone is 1. The Bertz CT molecular complexity index is 1160. The van der Waals surface area contributed by atoms with Crippen LogP contribution >= 0.6 is 22.9 Å². The maximum atomic E-state index is 13.1. The standard InChI is InChI=1S/C25H26ClNO6S/c1-6-31-24(29)22-15(5)23(25(30)32-7-2)34-21(22)12-19(28)17(13-27)10-16-11-18(26)8-9-20(16)33-14(3)4/h8-11,14H,6-7,12H2,1-5H3/b17-10-. The van der Waals surface area contributed by atoms with E-state index in [1.807, 2.05) is 19.9 Å². The predicted molar refractivity (Wildman–Crippen MR) is 130 cm³/mol. The fourth-order valence-electron chi connectivity index (χ4n) is 3.12. The van der Waals surface area contributed by atoms with Crippen molar-refractivity contribution in [3.8, 4) is 11.8 Å². The second-order valence-corrected chi connectivity index (χ2v) is 8.96. The number of thiophene rings is 1. The number of hydrogen-bond donors (Lipinski definition) is 0. The molecule has 0 unspecified atom stereocenters. The minimum absolute atomic E-state index is 0.128. The van der Waals surface area contributed by atoms with Crippen LogP contribution in [0.15, 0.2) is 23.8 Å². The number of ketones is 1. The number of rotatable bonds is 10. The molecule has 180 valence electrons. The van der Waals surface area contributed by atoms with Gasteiger partial charge in [0.1, 0.15) is 16.7 Å². The summed E-state index contributed by atoms with van der Waals surface area (Å²) in [5.74, 6) is -1.27. The summed E-state index contributed by atoms with van der Waals surface area (Å²) in [7, 11) is 0. The Labute approximate surface area is 207 Å². The summed E-state index contributed by atoms with van der Waals surface area (Å²) < 4.78 is 16.0. The van der Waals surface area contributed by atoms with Gasteiger partial charge in [-0.1, -0.05) is 11.6 Å². The highest BCUT2D eigenvalue weighted by Gasteiger charge is 2.28. The zero-order chi connectivity index (χ0) is 25.4. The van der Waals surface area contributed by atoms with E-state index in [1.165, 1.54) is 6.08 Å². The Hall–Kier alpha value is -3.15. The van der Waals surface area contributed by atoms with Gasteiger partial charge in [0.2, 0.25) is 0 Å². The summed E-state index contributed by atoms with van der Waals surface area (Å²) in [4.78, 5) is 38.6. The third kappa shape index (κ3) is 6.69. The molecule has 0 aliphatic rings. The van der Waals surface area contributed by atoms with Crippen molar-refractivity contribution in [3.63, 3.8) is 0 Å². The molecule has 2 rings (SSSR count). The number of nitrogens with zero attached hydrogens (tertiary/aromatic N) is 1. The van der Waals surface area contributed by atoms with Gasteiger partial charge in [0.05, 0.1) is 30.5 Å². The molecule has 0 saturated carbocycles. The first-order valence-corrected chi connectivity index (χ1v) is 11.9. The molecule has 1 aromatic heterocycles. The van der Waals surface area contributed by atoms with Crippen molar-refractivity contribution < 1.29 is 28.6 Å². The molecule has 1 heterocycles. The lowest BCUT2D eigenvalue weighted by molar-refractivity contribution is -0.114. The van der Waals surface area contributed by atoms with Gasteiger partial charge in [0.25, 0.3) is 0 Å². The van der Waals surface area contributed by atoms with E-state index in [9.17, 15) is 19.6 Å². The second-order valence-electron chi connectivity index (χ2n) is 7.41. The average molecular weight is 504 g/mol. The van der Waals surface area contributed by atoms with Crippen LogP contribution in [0.25, 0.3) is 6.08 Å². The number of esters is 2. The molecule has 0 saturated heterocycles. The van der Waals surface area contributed by atoms with Gasteiger partial charge < -0.3 is 14.2 Å². The predicted octanol–water partition coefficient (Wildman–Crippen LogP) is 5.57. The molecule has 0 bridgehead atoms. The Morgan fingerprint density at radius 3 is 2.38 bits per heavy atom. The number of nitriles is 1. The van der Waals surface area contributed by atoms with Gasteiger partial charge in [-0.25, -0.2) is 9.59 Å². The maximum Gasteiger partial charge on any atom is 0.348 e. The summed E-state index contributed by atoms with van der Waals surface area (Å²) in [6.45, 7) is 8.95. The molecule has 0 radical (unpaired) electrons. The zero-order valence-electron chi connectivity index (χ0n) is 19.7. The van der Waals surface area contributed by atoms with E-state index in [-0.39, 0.29) is 41.8 Å². The summed E-state index contributed by atoms with van der Waals surface area (Å²) in [5.41, 5.74) is 0.863. The molecule has 0 amide bonds. The first kappa shape index (κ1) is 27.1. The third-order valence-corrected chi connectivity index (χ3v) is 6.04. The van der Waals surface area contributed by atoms with Crippen LogP contribution in [-0.2, 0) is 20.7 Å². The minimum atomic E-state index is -0.639. The number of carbonyl (C=O) groups is 3. The van der Waals surface area contributed by atoms with Crippen LogP contribution in [0.4, 0.5) is 0 Å². The van der Waals surface area contributed by atoms with Crippen molar-refractivity contribution >= 4 is 46.7 Å². The Balaban J connectivity index is 2.48. The van der Waals surface area contributed by atoms with Crippen molar-refractivity contribution in [1.29, 1.82) is 5.26 Å². The average Bonchev–Trinajstić information content (AvgIpc) is 3.09. The van der Waals surface area contributed by atoms with E-state index in [2.05, 4.69) is 0 Å². The quantitative estimate of drug-likeness (QED) is 0.237. The lowest BCUT2D eigenvalue weighted by Gasteiger charge is -2.13. The fourth-order valence-corrected chi connectivity index (χ4v) is 4.49. The number of Topliss-reactive ketones (excluding diaryl/α,β-unsaturated/α-hetero) is 1. The summed E-state index contributed by atoms with van der Waals surface area (Å²) >= 11 is 7.09. The smallest absolute Gasteiger partial charge is 0.348 e. The summed E-state index contributed by atoms with van der Waals surface area (Å²) in [6, 6.07) is 6.84. The van der Waals surface area contributed by atoms with Crippen molar-refractivity contribution in [2.75, 3.05) is 13.2 Å². The van der Waals surface area contributed by atoms with Crippen LogP contribution in [0.2, 0.25) is 5.02 Å². The Morgan fingerprint density at radius 1 is 1.15 bits per heavy atom. The molecule has 0 fully saturated rings. The normalized spacial score (nSPS) is 11.2. The van der Waals surface area contributed by atoms with E-state index >= 15 is 0 Å². The molecule has 9 heteroatoms. The number of hydrogen-bond acceptors (Lipinski definition) is 8. The van der Waals surface area contributed by atoms with Gasteiger partial charge in [-0.2, -0.15) is 5.26 Å². The maximum absolute atomic E-state index is 13.1. The van der Waals surface area contributed by atoms with Crippen LogP contribution in [0.3, 0.4) is 0 Å². The minimum Gasteiger partial charge on any atom is -0.490 e. The first-order valence-electron chi connectivity index (χ1n) is 10.7. The van der Waals surface area contributed by atoms with Gasteiger partial charge in [-0.05, 0) is 64.5 Å². The highest BCUT2D eigenvalue weighted by Crippen LogP contribution is 2.32. The number of carbonyl (C=O) groups excluding carboxylic acids is 3. The molecule has 2 aromatic rings. The molecular weight excluding hydrogens is 478 g/mol. The molecular formula is C25H26ClNO6S. The van der Waals surface area contributed by atoms with Crippen LogP contribution in [0.5, 0.6) is 5.75 Å². The van der Waals surface area contributed by atoms with Gasteiger partial charge >= 0.3 is 11.9 Å². The first-order chi connectivity index (χ1) is 16.1. The SMILES string of the molecule is CCOC(=O)c1sc(CC(=O)/C(C#N)=C\c2cc(Cl)ccc2OC(C)C)c(C(=O)OCC)c1C. The molecule has 0 aliphatic carbocycles. The molecule has 0 N–H and O–H groups in total. The van der Waals surface area contributed by atoms with Crippen LogP contribution in [0.1, 0.15) is 63.7 Å². The summed E-state index contributed by atoms with van der Waals surface area (Å²) in [5, 5.41) is 10.1. The topological polar surface area (TPSA) is 103 Å². The molecule has 34 heavy (non-hydrogen) atoms. The second kappa shape index (κ2) is 12.4. The molecule has 0 spiro atoms. The van der Waals surface area contributed by atoms with Crippen LogP contribution < -0.4 is 4.74 Å². The van der Waals surface area contributed by atoms with E-state index in [1.54, 1.807) is 39.0 Å². The molecule has 0 aliphatic heterocycles. The van der Waals surface area contributed by atoms with E-state index in [0.29, 0.717) is 26.8 Å². The largest absolute Gasteiger partial charge is 0.490 e. The lowest BCUT2D eigenvalue weighted by atomic mass is 10.0. The lowest BCUT2D eigenvalue weighted by Crippen LogP contribution is -2.12. The monoisotopic (exact) mass is 503 g/mol. The highest BCUT2D eigenvalue weighted by molar-refractivity contribution is 7.14. The van der Waals surface area contributed by atoms with Gasteiger partial charge in [-0.3, -0.25) is 4.79 Å². The summed E-state index contributed by atoms with van der Waals surface area (Å²) in [6.07, 6.45) is 1.01. The fraction of sp³-hybridized carbons (Fsp3) is 0.360. The van der Waals surface area contributed by atoms with Gasteiger partial charge in [0.15, 0.2) is 5.78 Å². The van der Waals surface area contributed by atoms with E-state index < -0.39 is 17.7 Å². The molecule has 1 aromatic carbocycles.